The molecular formula is C12H8N6O3S. The summed E-state index contributed by atoms with van der Waals surface area (Å²) in [6.07, 6.45) is 1.28. The van der Waals surface area contributed by atoms with Crippen LogP contribution in [-0.4, -0.2) is 28.4 Å². The number of fused-ring (bicyclic) bond motifs is 1. The maximum absolute atomic E-state index is 12.2. The molecule has 0 spiro atoms. The smallest absolute Gasteiger partial charge is 0.278 e. The van der Waals surface area contributed by atoms with E-state index < -0.39 is 15.6 Å². The summed E-state index contributed by atoms with van der Waals surface area (Å²) in [6, 6.07) is 7.32. The fraction of sp³-hybridized carbons (Fsp3) is 0. The Morgan fingerprint density at radius 3 is 2.91 bits per heavy atom. The highest BCUT2D eigenvalue weighted by atomic mass is 32.2. The van der Waals surface area contributed by atoms with Crippen LogP contribution in [0.5, 0.6) is 0 Å². The predicted molar refractivity (Wildman–Crippen MR) is 76.5 cm³/mol. The summed E-state index contributed by atoms with van der Waals surface area (Å²) < 4.78 is 26.6. The number of rotatable bonds is 3. The van der Waals surface area contributed by atoms with E-state index >= 15 is 0 Å². The SMILES string of the molecule is N#Cc1cccc(S(=O)(=O)Nc2nc3nc[nH]c3c(=O)[nH]2)c1. The van der Waals surface area contributed by atoms with Gasteiger partial charge in [-0.25, -0.2) is 18.1 Å². The Kier molecular flexibility index (Phi) is 3.11. The zero-order valence-corrected chi connectivity index (χ0v) is 11.7. The summed E-state index contributed by atoms with van der Waals surface area (Å²) in [6.45, 7) is 0. The molecule has 0 unspecified atom stereocenters. The van der Waals surface area contributed by atoms with Gasteiger partial charge >= 0.3 is 0 Å². The molecule has 22 heavy (non-hydrogen) atoms. The number of nitriles is 1. The molecule has 3 N–H and O–H groups in total. The van der Waals surface area contributed by atoms with Gasteiger partial charge in [0.05, 0.1) is 22.9 Å². The molecule has 0 aliphatic heterocycles. The summed E-state index contributed by atoms with van der Waals surface area (Å²) in [5.74, 6) is -0.257. The summed E-state index contributed by atoms with van der Waals surface area (Å²) >= 11 is 0. The molecule has 3 rings (SSSR count). The van der Waals surface area contributed by atoms with Crippen LogP contribution in [-0.2, 0) is 10.0 Å². The zero-order chi connectivity index (χ0) is 15.7. The van der Waals surface area contributed by atoms with Crippen LogP contribution in [0.15, 0.2) is 40.3 Å². The van der Waals surface area contributed by atoms with Crippen molar-refractivity contribution in [1.29, 1.82) is 5.26 Å². The number of benzene rings is 1. The summed E-state index contributed by atoms with van der Waals surface area (Å²) in [5.41, 5.74) is -0.111. The largest absolute Gasteiger partial charge is 0.339 e. The number of hydrogen-bond acceptors (Lipinski definition) is 6. The van der Waals surface area contributed by atoms with Gasteiger partial charge in [-0.15, -0.1) is 0 Å². The minimum Gasteiger partial charge on any atom is -0.339 e. The van der Waals surface area contributed by atoms with Crippen molar-refractivity contribution in [2.75, 3.05) is 4.72 Å². The number of H-pyrrole nitrogens is 2. The molecule has 3 aromatic rings. The molecule has 0 bridgehead atoms. The third-order valence-electron chi connectivity index (χ3n) is 2.80. The topological polar surface area (TPSA) is 144 Å². The molecule has 1 aromatic carbocycles. The van der Waals surface area contributed by atoms with Gasteiger partial charge in [0, 0.05) is 0 Å². The Morgan fingerprint density at radius 2 is 2.14 bits per heavy atom. The van der Waals surface area contributed by atoms with Crippen LogP contribution in [0.3, 0.4) is 0 Å². The second-order valence-electron chi connectivity index (χ2n) is 4.26. The molecule has 0 saturated heterocycles. The lowest BCUT2D eigenvalue weighted by molar-refractivity contribution is 0.601. The highest BCUT2D eigenvalue weighted by Crippen LogP contribution is 2.14. The fourth-order valence-corrected chi connectivity index (χ4v) is 2.82. The Morgan fingerprint density at radius 1 is 1.32 bits per heavy atom. The quantitative estimate of drug-likeness (QED) is 0.634. The van der Waals surface area contributed by atoms with Gasteiger partial charge in [-0.1, -0.05) is 6.07 Å². The van der Waals surface area contributed by atoms with Crippen molar-refractivity contribution < 1.29 is 8.42 Å². The van der Waals surface area contributed by atoms with Crippen molar-refractivity contribution in [1.82, 2.24) is 19.9 Å². The Bertz CT molecular complexity index is 1060. The minimum absolute atomic E-state index is 0.0900. The third kappa shape index (κ3) is 2.40. The van der Waals surface area contributed by atoms with E-state index in [0.29, 0.717) is 0 Å². The van der Waals surface area contributed by atoms with E-state index in [1.807, 2.05) is 6.07 Å². The lowest BCUT2D eigenvalue weighted by Crippen LogP contribution is -2.19. The van der Waals surface area contributed by atoms with E-state index in [1.54, 1.807) is 0 Å². The van der Waals surface area contributed by atoms with E-state index in [1.165, 1.54) is 30.6 Å². The van der Waals surface area contributed by atoms with Crippen molar-refractivity contribution in [2.24, 2.45) is 0 Å². The van der Waals surface area contributed by atoms with E-state index in [0.717, 1.165) is 0 Å². The second kappa shape index (κ2) is 4.97. The average Bonchev–Trinajstić information content (AvgIpc) is 2.96. The van der Waals surface area contributed by atoms with E-state index in [2.05, 4.69) is 24.7 Å². The predicted octanol–water partition coefficient (Wildman–Crippen LogP) is 0.319. The molecule has 10 heteroatoms. The molecule has 9 nitrogen and oxygen atoms in total. The van der Waals surface area contributed by atoms with Gasteiger partial charge in [0.2, 0.25) is 5.95 Å². The molecule has 0 atom stereocenters. The number of sulfonamides is 1. The van der Waals surface area contributed by atoms with E-state index in [-0.39, 0.29) is 27.6 Å². The molecule has 110 valence electrons. The van der Waals surface area contributed by atoms with Gasteiger partial charge in [0.25, 0.3) is 15.6 Å². The third-order valence-corrected chi connectivity index (χ3v) is 4.14. The average molecular weight is 316 g/mol. The molecule has 0 aliphatic carbocycles. The molecule has 0 saturated carbocycles. The number of nitrogens with zero attached hydrogens (tertiary/aromatic N) is 3. The number of hydrogen-bond donors (Lipinski definition) is 3. The van der Waals surface area contributed by atoms with Crippen LogP contribution >= 0.6 is 0 Å². The number of aromatic amines is 2. The van der Waals surface area contributed by atoms with Gasteiger partial charge in [0.15, 0.2) is 11.2 Å². The van der Waals surface area contributed by atoms with Crippen molar-refractivity contribution in [2.45, 2.75) is 4.90 Å². The molecular weight excluding hydrogens is 308 g/mol. The highest BCUT2D eigenvalue weighted by Gasteiger charge is 2.17. The zero-order valence-electron chi connectivity index (χ0n) is 10.9. The highest BCUT2D eigenvalue weighted by molar-refractivity contribution is 7.92. The molecule has 2 heterocycles. The monoisotopic (exact) mass is 316 g/mol. The standard InChI is InChI=1S/C12H8N6O3S/c13-5-7-2-1-3-8(4-7)22(20,21)18-12-16-10-9(11(19)17-12)14-6-15-10/h1-4,6H,(H3,14,15,16,17,18,19). The first kappa shape index (κ1) is 13.8. The number of nitrogens with one attached hydrogen (secondary N) is 3. The first-order chi connectivity index (χ1) is 10.5. The van der Waals surface area contributed by atoms with Gasteiger partial charge in [-0.2, -0.15) is 10.2 Å². The second-order valence-corrected chi connectivity index (χ2v) is 5.94. The maximum atomic E-state index is 12.2. The minimum atomic E-state index is -3.99. The Hall–Kier alpha value is -3.19. The molecule has 0 radical (unpaired) electrons. The molecule has 0 amide bonds. The Labute approximate surface area is 123 Å². The van der Waals surface area contributed by atoms with E-state index in [9.17, 15) is 13.2 Å². The van der Waals surface area contributed by atoms with E-state index in [4.69, 9.17) is 5.26 Å². The maximum Gasteiger partial charge on any atom is 0.278 e. The fourth-order valence-electron chi connectivity index (χ4n) is 1.81. The van der Waals surface area contributed by atoms with Crippen molar-refractivity contribution in [3.05, 3.63) is 46.5 Å². The van der Waals surface area contributed by atoms with Gasteiger partial charge in [-0.05, 0) is 18.2 Å². The lowest BCUT2D eigenvalue weighted by Gasteiger charge is -2.06. The van der Waals surface area contributed by atoms with Crippen LogP contribution in [0.1, 0.15) is 5.56 Å². The van der Waals surface area contributed by atoms with Crippen LogP contribution in [0, 0.1) is 11.3 Å². The van der Waals surface area contributed by atoms with Crippen molar-refractivity contribution in [3.63, 3.8) is 0 Å². The van der Waals surface area contributed by atoms with Gasteiger partial charge < -0.3 is 4.98 Å². The van der Waals surface area contributed by atoms with Gasteiger partial charge in [0.1, 0.15) is 0 Å². The lowest BCUT2D eigenvalue weighted by atomic mass is 10.2. The van der Waals surface area contributed by atoms with Crippen molar-refractivity contribution in [3.8, 4) is 6.07 Å². The van der Waals surface area contributed by atoms with Crippen molar-refractivity contribution >= 4 is 27.1 Å². The normalized spacial score (nSPS) is 11.2. The first-order valence-corrected chi connectivity index (χ1v) is 7.44. The first-order valence-electron chi connectivity index (χ1n) is 5.96. The van der Waals surface area contributed by atoms with Crippen LogP contribution in [0.25, 0.3) is 11.2 Å². The molecule has 2 aromatic heterocycles. The van der Waals surface area contributed by atoms with Crippen LogP contribution in [0.2, 0.25) is 0 Å². The summed E-state index contributed by atoms with van der Waals surface area (Å²) in [7, 11) is -3.99. The van der Waals surface area contributed by atoms with Gasteiger partial charge in [-0.3, -0.25) is 9.78 Å². The summed E-state index contributed by atoms with van der Waals surface area (Å²) in [5, 5.41) is 8.81. The Balaban J connectivity index is 2.02. The van der Waals surface area contributed by atoms with Crippen LogP contribution in [0.4, 0.5) is 5.95 Å². The number of imidazole rings is 1. The van der Waals surface area contributed by atoms with Crippen LogP contribution < -0.4 is 10.3 Å². The number of anilines is 1. The molecule has 0 fully saturated rings. The molecule has 0 aliphatic rings. The number of aromatic nitrogens is 4. The summed E-state index contributed by atoms with van der Waals surface area (Å²) in [4.78, 5) is 24.2.